The Morgan fingerprint density at radius 3 is 2.53 bits per heavy atom. The molecule has 0 saturated heterocycles. The van der Waals surface area contributed by atoms with Crippen molar-refractivity contribution >= 4 is 29.3 Å². The van der Waals surface area contributed by atoms with E-state index in [4.69, 9.17) is 11.6 Å². The van der Waals surface area contributed by atoms with Crippen LogP contribution in [0.4, 0.5) is 19.0 Å². The zero-order valence-electron chi connectivity index (χ0n) is 15.9. The van der Waals surface area contributed by atoms with E-state index in [2.05, 4.69) is 25.8 Å². The van der Waals surface area contributed by atoms with Crippen LogP contribution in [0.1, 0.15) is 24.2 Å². The van der Waals surface area contributed by atoms with E-state index >= 15 is 0 Å². The normalized spacial score (nSPS) is 11.6. The summed E-state index contributed by atoms with van der Waals surface area (Å²) in [6, 6.07) is 8.25. The first-order chi connectivity index (χ1) is 14.2. The third-order valence-electron chi connectivity index (χ3n) is 3.79. The monoisotopic (exact) mass is 435 g/mol. The van der Waals surface area contributed by atoms with Crippen molar-refractivity contribution in [3.63, 3.8) is 0 Å². The van der Waals surface area contributed by atoms with Gasteiger partial charge in [0.25, 0.3) is 5.91 Å². The van der Waals surface area contributed by atoms with Gasteiger partial charge in [0.2, 0.25) is 5.96 Å². The second-order valence-corrected chi connectivity index (χ2v) is 7.08. The van der Waals surface area contributed by atoms with Crippen molar-refractivity contribution in [2.24, 2.45) is 4.99 Å². The number of hydrogen-bond donors (Lipinski definition) is 3. The number of amides is 1. The van der Waals surface area contributed by atoms with Crippen LogP contribution in [0.2, 0.25) is 5.02 Å². The van der Waals surface area contributed by atoms with Gasteiger partial charge in [0, 0.05) is 28.3 Å². The molecule has 0 radical (unpaired) electrons. The van der Waals surface area contributed by atoms with Gasteiger partial charge >= 0.3 is 0 Å². The molecule has 3 N–H and O–H groups in total. The molecule has 0 aliphatic carbocycles. The number of aliphatic imine (C=N–C) groups is 1. The summed E-state index contributed by atoms with van der Waals surface area (Å²) < 4.78 is 40.1. The number of guanidine groups is 1. The molecule has 0 bridgehead atoms. The van der Waals surface area contributed by atoms with Crippen LogP contribution in [0, 0.1) is 17.5 Å². The van der Waals surface area contributed by atoms with Crippen LogP contribution in [0.5, 0.6) is 0 Å². The van der Waals surface area contributed by atoms with E-state index < -0.39 is 23.4 Å². The van der Waals surface area contributed by atoms with E-state index in [9.17, 15) is 18.0 Å². The lowest BCUT2D eigenvalue weighted by Gasteiger charge is -2.13. The molecule has 0 saturated carbocycles. The second kappa shape index (κ2) is 9.00. The fraction of sp³-hybridized carbons (Fsp3) is 0.150. The van der Waals surface area contributed by atoms with Crippen LogP contribution in [0.15, 0.2) is 47.5 Å². The fourth-order valence-corrected chi connectivity index (χ4v) is 2.75. The van der Waals surface area contributed by atoms with Crippen LogP contribution in [-0.2, 0) is 0 Å². The quantitative estimate of drug-likeness (QED) is 0.408. The van der Waals surface area contributed by atoms with E-state index in [0.29, 0.717) is 17.1 Å². The SMILES string of the molecule is CC(C)N/C(=N/C(=O)c1ccc(F)c(F)c1)Nc1cc(-c2cc(F)cc(Cl)c2)n[nH]1. The van der Waals surface area contributed by atoms with Gasteiger partial charge in [0.05, 0.1) is 5.69 Å². The lowest BCUT2D eigenvalue weighted by molar-refractivity contribution is 0.100. The highest BCUT2D eigenvalue weighted by Gasteiger charge is 2.13. The number of hydrogen-bond acceptors (Lipinski definition) is 2. The maximum atomic E-state index is 13.6. The number of carbonyl (C=O) groups is 1. The number of aromatic nitrogens is 2. The molecule has 6 nitrogen and oxygen atoms in total. The number of rotatable bonds is 4. The summed E-state index contributed by atoms with van der Waals surface area (Å²) in [5.41, 5.74) is 0.755. The van der Waals surface area contributed by atoms with Crippen molar-refractivity contribution < 1.29 is 18.0 Å². The Bertz CT molecular complexity index is 1090. The Morgan fingerprint density at radius 1 is 1.10 bits per heavy atom. The third-order valence-corrected chi connectivity index (χ3v) is 4.01. The molecule has 3 rings (SSSR count). The Morgan fingerprint density at radius 2 is 1.87 bits per heavy atom. The van der Waals surface area contributed by atoms with Gasteiger partial charge in [0.1, 0.15) is 11.6 Å². The largest absolute Gasteiger partial charge is 0.354 e. The summed E-state index contributed by atoms with van der Waals surface area (Å²) in [6.07, 6.45) is 0. The second-order valence-electron chi connectivity index (χ2n) is 6.64. The van der Waals surface area contributed by atoms with Gasteiger partial charge in [-0.3, -0.25) is 9.89 Å². The molecule has 1 aromatic heterocycles. The van der Waals surface area contributed by atoms with Gasteiger partial charge in [-0.15, -0.1) is 0 Å². The van der Waals surface area contributed by atoms with Crippen molar-refractivity contribution in [3.05, 3.63) is 70.5 Å². The topological polar surface area (TPSA) is 82.2 Å². The fourth-order valence-electron chi connectivity index (χ4n) is 2.53. The lowest BCUT2D eigenvalue weighted by atomic mass is 10.1. The highest BCUT2D eigenvalue weighted by atomic mass is 35.5. The average Bonchev–Trinajstić information content (AvgIpc) is 3.11. The Labute approximate surface area is 175 Å². The van der Waals surface area contributed by atoms with Crippen molar-refractivity contribution in [3.8, 4) is 11.3 Å². The summed E-state index contributed by atoms with van der Waals surface area (Å²) >= 11 is 5.87. The molecule has 156 valence electrons. The van der Waals surface area contributed by atoms with Crippen molar-refractivity contribution in [2.75, 3.05) is 5.32 Å². The van der Waals surface area contributed by atoms with Crippen LogP contribution >= 0.6 is 11.6 Å². The standard InChI is InChI=1S/C20H17ClF3N5O/c1-10(2)25-20(27-19(30)11-3-4-15(23)16(24)7-11)26-18-9-17(28-29-18)12-5-13(21)8-14(22)6-12/h3-10H,1-2H3,(H3,25,26,27,28,29,30). The molecule has 0 atom stereocenters. The van der Waals surface area contributed by atoms with Crippen LogP contribution in [0.25, 0.3) is 11.3 Å². The highest BCUT2D eigenvalue weighted by molar-refractivity contribution is 6.30. The number of benzene rings is 2. The van der Waals surface area contributed by atoms with E-state index in [-0.39, 0.29) is 22.6 Å². The lowest BCUT2D eigenvalue weighted by Crippen LogP contribution is -2.36. The number of carbonyl (C=O) groups excluding carboxylic acids is 1. The smallest absolute Gasteiger partial charge is 0.280 e. The predicted molar refractivity (Wildman–Crippen MR) is 109 cm³/mol. The third kappa shape index (κ3) is 5.38. The minimum absolute atomic E-state index is 0.0622. The highest BCUT2D eigenvalue weighted by Crippen LogP contribution is 2.24. The summed E-state index contributed by atoms with van der Waals surface area (Å²) in [4.78, 5) is 16.3. The molecule has 10 heteroatoms. The molecule has 1 amide bonds. The van der Waals surface area contributed by atoms with Crippen molar-refractivity contribution in [2.45, 2.75) is 19.9 Å². The van der Waals surface area contributed by atoms with E-state index in [0.717, 1.165) is 18.2 Å². The molecule has 2 aromatic carbocycles. The van der Waals surface area contributed by atoms with E-state index in [1.807, 2.05) is 13.8 Å². The summed E-state index contributed by atoms with van der Waals surface area (Å²) in [5, 5.41) is 12.8. The molecule has 0 fully saturated rings. The molecule has 1 heterocycles. The molecule has 30 heavy (non-hydrogen) atoms. The summed E-state index contributed by atoms with van der Waals surface area (Å²) in [6.45, 7) is 3.65. The van der Waals surface area contributed by atoms with Crippen LogP contribution in [-0.4, -0.2) is 28.1 Å². The Kier molecular flexibility index (Phi) is 6.41. The van der Waals surface area contributed by atoms with Gasteiger partial charge in [0.15, 0.2) is 11.6 Å². The zero-order chi connectivity index (χ0) is 21.8. The molecule has 0 aliphatic heterocycles. The van der Waals surface area contributed by atoms with Crippen LogP contribution < -0.4 is 10.6 Å². The number of anilines is 1. The van der Waals surface area contributed by atoms with Gasteiger partial charge in [-0.1, -0.05) is 11.6 Å². The number of halogens is 4. The molecule has 0 spiro atoms. The van der Waals surface area contributed by atoms with E-state index in [1.165, 1.54) is 12.1 Å². The summed E-state index contributed by atoms with van der Waals surface area (Å²) in [7, 11) is 0. The van der Waals surface area contributed by atoms with Gasteiger partial charge in [-0.05, 0) is 50.2 Å². The first-order valence-electron chi connectivity index (χ1n) is 8.85. The minimum Gasteiger partial charge on any atom is -0.354 e. The zero-order valence-corrected chi connectivity index (χ0v) is 16.7. The molecule has 0 unspecified atom stereocenters. The number of H-pyrrole nitrogens is 1. The van der Waals surface area contributed by atoms with Gasteiger partial charge in [-0.2, -0.15) is 10.1 Å². The molecule has 0 aliphatic rings. The van der Waals surface area contributed by atoms with Gasteiger partial charge in [-0.25, -0.2) is 13.2 Å². The van der Waals surface area contributed by atoms with Crippen molar-refractivity contribution in [1.29, 1.82) is 0 Å². The number of nitrogens with one attached hydrogen (secondary N) is 3. The summed E-state index contributed by atoms with van der Waals surface area (Å²) in [5.74, 6) is -3.06. The number of nitrogens with zero attached hydrogens (tertiary/aromatic N) is 2. The average molecular weight is 436 g/mol. The first kappa shape index (κ1) is 21.4. The minimum atomic E-state index is -1.14. The van der Waals surface area contributed by atoms with Crippen LogP contribution in [0.3, 0.4) is 0 Å². The maximum Gasteiger partial charge on any atom is 0.280 e. The van der Waals surface area contributed by atoms with Crippen molar-refractivity contribution in [1.82, 2.24) is 15.5 Å². The van der Waals surface area contributed by atoms with Gasteiger partial charge < -0.3 is 10.6 Å². The van der Waals surface area contributed by atoms with E-state index in [1.54, 1.807) is 12.1 Å². The number of aromatic amines is 1. The maximum absolute atomic E-state index is 13.6. The Balaban J connectivity index is 1.84. The Hall–Kier alpha value is -3.33. The molecule has 3 aromatic rings. The first-order valence-corrected chi connectivity index (χ1v) is 9.22. The predicted octanol–water partition coefficient (Wildman–Crippen LogP) is 4.75. The molecular formula is C20H17ClF3N5O. The molecular weight excluding hydrogens is 419 g/mol.